The number of nitrogens with two attached hydrogens (primary N) is 1. The summed E-state index contributed by atoms with van der Waals surface area (Å²) in [6.45, 7) is 2.67. The highest BCUT2D eigenvalue weighted by molar-refractivity contribution is 7.89. The fraction of sp³-hybridized carbons (Fsp3) is 0.610. The summed E-state index contributed by atoms with van der Waals surface area (Å²) in [5.41, 5.74) is 7.52. The second kappa shape index (κ2) is 21.0. The molecule has 0 radical (unpaired) electrons. The molecule has 2 aliphatic rings. The van der Waals surface area contributed by atoms with E-state index in [2.05, 4.69) is 20.0 Å². The molecule has 14 nitrogen and oxygen atoms in total. The van der Waals surface area contributed by atoms with Crippen molar-refractivity contribution in [2.24, 2.45) is 11.7 Å². The van der Waals surface area contributed by atoms with Crippen LogP contribution in [0.4, 0.5) is 0 Å². The van der Waals surface area contributed by atoms with Gasteiger partial charge in [-0.1, -0.05) is 81.5 Å². The van der Waals surface area contributed by atoms with Crippen LogP contribution in [0.15, 0.2) is 55.0 Å². The predicted octanol–water partition coefficient (Wildman–Crippen LogP) is 3.13. The lowest BCUT2D eigenvalue weighted by Crippen LogP contribution is -2.55. The minimum atomic E-state index is -3.57. The number of aliphatic hydroxyl groups excluding tert-OH is 2. The summed E-state index contributed by atoms with van der Waals surface area (Å²) in [5.74, 6) is -0.814. The fourth-order valence-corrected chi connectivity index (χ4v) is 9.19. The molecule has 4 atom stereocenters. The first-order chi connectivity index (χ1) is 26.9. The molecule has 3 aromatic rings. The number of amides is 3. The Hall–Kier alpha value is -3.89. The van der Waals surface area contributed by atoms with Crippen molar-refractivity contribution < 1.29 is 33.0 Å². The van der Waals surface area contributed by atoms with Gasteiger partial charge in [-0.05, 0) is 47.9 Å². The minimum absolute atomic E-state index is 0.0125. The summed E-state index contributed by atoms with van der Waals surface area (Å²) in [6.07, 6.45) is 7.93. The summed E-state index contributed by atoms with van der Waals surface area (Å²) in [5, 5.41) is 27.5. The summed E-state index contributed by atoms with van der Waals surface area (Å²) < 4.78 is 26.9. The third-order valence-electron chi connectivity index (χ3n) is 11.3. The number of aromatic amines is 1. The Morgan fingerprint density at radius 3 is 2.46 bits per heavy atom. The SMILES string of the molecule is CCCS(=O)(=O)NC[C@H](O)C[C@H](O)[C@H](CC1CCCCC1)NC(=O)C(Cc1cnc[nH]1)N(Cc1cccc2ccccc12)C(=O)CCC(=O)N1CCC(N)CC1. The van der Waals surface area contributed by atoms with Crippen LogP contribution < -0.4 is 15.8 Å². The molecular weight excluding hydrogens is 735 g/mol. The Labute approximate surface area is 331 Å². The number of nitrogens with one attached hydrogen (secondary N) is 3. The van der Waals surface area contributed by atoms with Crippen molar-refractivity contribution in [3.63, 3.8) is 0 Å². The number of hydrogen-bond acceptors (Lipinski definition) is 9. The van der Waals surface area contributed by atoms with E-state index < -0.39 is 40.2 Å². The number of carbonyl (C=O) groups is 3. The molecule has 15 heteroatoms. The maximum absolute atomic E-state index is 14.8. The van der Waals surface area contributed by atoms with Gasteiger partial charge in [0.15, 0.2) is 0 Å². The number of nitrogens with zero attached hydrogens (tertiary/aromatic N) is 3. The maximum atomic E-state index is 14.8. The van der Waals surface area contributed by atoms with Crippen LogP contribution >= 0.6 is 0 Å². The zero-order valence-corrected chi connectivity index (χ0v) is 33.5. The number of aliphatic hydroxyl groups is 2. The summed E-state index contributed by atoms with van der Waals surface area (Å²) >= 11 is 0. The van der Waals surface area contributed by atoms with E-state index in [1.165, 1.54) is 6.33 Å². The zero-order chi connectivity index (χ0) is 40.1. The Morgan fingerprint density at radius 1 is 1.02 bits per heavy atom. The number of piperidine rings is 1. The van der Waals surface area contributed by atoms with Gasteiger partial charge in [0, 0.05) is 69.8 Å². The van der Waals surface area contributed by atoms with Gasteiger partial charge in [0.1, 0.15) is 6.04 Å². The van der Waals surface area contributed by atoms with Gasteiger partial charge in [-0.25, -0.2) is 18.1 Å². The molecule has 5 rings (SSSR count). The number of rotatable bonds is 20. The van der Waals surface area contributed by atoms with Crippen LogP contribution in [0, 0.1) is 5.92 Å². The molecule has 0 bridgehead atoms. The number of benzene rings is 2. The molecule has 0 spiro atoms. The second-order valence-corrected chi connectivity index (χ2v) is 17.6. The maximum Gasteiger partial charge on any atom is 0.243 e. The normalized spacial score (nSPS) is 18.0. The predicted molar refractivity (Wildman–Crippen MR) is 215 cm³/mol. The fourth-order valence-electron chi connectivity index (χ4n) is 8.06. The molecule has 1 saturated heterocycles. The summed E-state index contributed by atoms with van der Waals surface area (Å²) in [4.78, 5) is 53.0. The van der Waals surface area contributed by atoms with Gasteiger partial charge in [0.05, 0.1) is 30.3 Å². The molecule has 7 N–H and O–H groups in total. The molecule has 2 heterocycles. The molecule has 2 aromatic carbocycles. The van der Waals surface area contributed by atoms with Crippen molar-refractivity contribution in [3.05, 3.63) is 66.2 Å². The Kier molecular flexibility index (Phi) is 16.2. The smallest absolute Gasteiger partial charge is 0.243 e. The van der Waals surface area contributed by atoms with Crippen molar-refractivity contribution in [2.45, 2.75) is 127 Å². The molecule has 1 aromatic heterocycles. The van der Waals surface area contributed by atoms with E-state index in [0.29, 0.717) is 44.5 Å². The number of H-pyrrole nitrogens is 1. The van der Waals surface area contributed by atoms with Crippen molar-refractivity contribution in [1.29, 1.82) is 0 Å². The largest absolute Gasteiger partial charge is 0.392 e. The van der Waals surface area contributed by atoms with E-state index in [1.807, 2.05) is 42.5 Å². The van der Waals surface area contributed by atoms with Gasteiger partial charge >= 0.3 is 0 Å². The van der Waals surface area contributed by atoms with Crippen molar-refractivity contribution >= 4 is 38.5 Å². The molecule has 1 aliphatic heterocycles. The number of likely N-dealkylation sites (tertiary alicyclic amines) is 1. The van der Waals surface area contributed by atoms with Crippen molar-refractivity contribution in [2.75, 3.05) is 25.4 Å². The monoisotopic (exact) mass is 795 g/mol. The van der Waals surface area contributed by atoms with Crippen LogP contribution in [0.1, 0.15) is 95.2 Å². The molecule has 1 saturated carbocycles. The first-order valence-electron chi connectivity index (χ1n) is 20.3. The minimum Gasteiger partial charge on any atom is -0.392 e. The van der Waals surface area contributed by atoms with E-state index >= 15 is 0 Å². The first kappa shape index (κ1) is 43.2. The molecule has 56 heavy (non-hydrogen) atoms. The third kappa shape index (κ3) is 12.8. The Bertz CT molecular complexity index is 1810. The van der Waals surface area contributed by atoms with Crippen LogP contribution in [-0.2, 0) is 37.4 Å². The lowest BCUT2D eigenvalue weighted by molar-refractivity contribution is -0.143. The highest BCUT2D eigenvalue weighted by Gasteiger charge is 2.35. The van der Waals surface area contributed by atoms with Gasteiger partial charge in [-0.15, -0.1) is 0 Å². The number of hydrogen-bond donors (Lipinski definition) is 6. The summed E-state index contributed by atoms with van der Waals surface area (Å²) in [6, 6.07) is 11.9. The van der Waals surface area contributed by atoms with Crippen molar-refractivity contribution in [1.82, 2.24) is 29.8 Å². The molecule has 1 aliphatic carbocycles. The van der Waals surface area contributed by atoms with Crippen molar-refractivity contribution in [3.8, 4) is 0 Å². The summed E-state index contributed by atoms with van der Waals surface area (Å²) in [7, 11) is -3.57. The number of fused-ring (bicyclic) bond motifs is 1. The van der Waals surface area contributed by atoms with Crippen LogP contribution in [0.25, 0.3) is 10.8 Å². The topological polar surface area (TPSA) is 211 Å². The highest BCUT2D eigenvalue weighted by atomic mass is 32.2. The van der Waals surface area contributed by atoms with E-state index in [-0.39, 0.29) is 68.3 Å². The molecule has 1 unspecified atom stereocenters. The van der Waals surface area contributed by atoms with Gasteiger partial charge in [0.25, 0.3) is 0 Å². The molecule has 3 amide bonds. The quantitative estimate of drug-likeness (QED) is 0.0991. The zero-order valence-electron chi connectivity index (χ0n) is 32.7. The van der Waals surface area contributed by atoms with Crippen LogP contribution in [0.5, 0.6) is 0 Å². The average Bonchev–Trinajstić information content (AvgIpc) is 3.71. The number of carbonyl (C=O) groups excluding carboxylic acids is 3. The number of imidazole rings is 1. The van der Waals surface area contributed by atoms with Gasteiger partial charge < -0.3 is 36.0 Å². The van der Waals surface area contributed by atoms with E-state index in [4.69, 9.17) is 5.73 Å². The standard InChI is InChI=1S/C41H61N7O7S/c1-2-21-56(54,55)45-26-34(49)24-38(50)36(22-29-9-4-3-5-10-29)46-41(53)37(23-33-25-43-28-44-33)48(27-31-13-8-12-30-11-6-7-14-35(30)31)40(52)16-15-39(51)47-19-17-32(42)18-20-47/h6-8,11-14,25,28-29,32,34,36-38,45,49-50H,2-5,9-10,15-24,26-27,42H2,1H3,(H,43,44)(H,46,53)/t34-,36+,37?,38+/m1/s1. The second-order valence-electron chi connectivity index (χ2n) is 15.7. The number of aromatic nitrogens is 2. The lowest BCUT2D eigenvalue weighted by Gasteiger charge is -2.35. The molecule has 2 fully saturated rings. The Morgan fingerprint density at radius 2 is 1.75 bits per heavy atom. The first-order valence-corrected chi connectivity index (χ1v) is 22.0. The van der Waals surface area contributed by atoms with E-state index in [0.717, 1.165) is 48.4 Å². The third-order valence-corrected chi connectivity index (χ3v) is 12.8. The average molecular weight is 796 g/mol. The van der Waals surface area contributed by atoms with Crippen LogP contribution in [0.2, 0.25) is 0 Å². The molecular formula is C41H61N7O7S. The van der Waals surface area contributed by atoms with Crippen LogP contribution in [-0.4, -0.2) is 112 Å². The van der Waals surface area contributed by atoms with Gasteiger partial charge in [0.2, 0.25) is 27.7 Å². The van der Waals surface area contributed by atoms with E-state index in [9.17, 15) is 33.0 Å². The van der Waals surface area contributed by atoms with Gasteiger partial charge in [-0.2, -0.15) is 0 Å². The molecule has 308 valence electrons. The Balaban J connectivity index is 1.42. The van der Waals surface area contributed by atoms with Crippen LogP contribution in [0.3, 0.4) is 0 Å². The van der Waals surface area contributed by atoms with Gasteiger partial charge in [-0.3, -0.25) is 14.4 Å². The lowest BCUT2D eigenvalue weighted by atomic mass is 9.83. The highest BCUT2D eigenvalue weighted by Crippen LogP contribution is 2.29. The number of sulfonamides is 1. The van der Waals surface area contributed by atoms with E-state index in [1.54, 1.807) is 22.9 Å².